The number of hydrazine groups is 1. The maximum atomic E-state index is 12.3. The van der Waals surface area contributed by atoms with Crippen LogP contribution in [0.25, 0.3) is 0 Å². The first kappa shape index (κ1) is 18.3. The van der Waals surface area contributed by atoms with Crippen molar-refractivity contribution in [1.29, 1.82) is 10.5 Å². The van der Waals surface area contributed by atoms with Crippen molar-refractivity contribution in [1.82, 2.24) is 15.4 Å². The molecule has 0 aliphatic rings. The smallest absolute Gasteiger partial charge is 0.273 e. The summed E-state index contributed by atoms with van der Waals surface area (Å²) in [4.78, 5) is 21.7. The summed E-state index contributed by atoms with van der Waals surface area (Å²) >= 11 is 0. The monoisotopic (exact) mass is 352 g/mol. The van der Waals surface area contributed by atoms with Gasteiger partial charge in [-0.15, -0.1) is 0 Å². The largest absolute Gasteiger partial charge is 0.496 e. The second-order valence-electron chi connectivity index (χ2n) is 4.91. The van der Waals surface area contributed by atoms with Gasteiger partial charge in [0.1, 0.15) is 30.9 Å². The summed E-state index contributed by atoms with van der Waals surface area (Å²) < 4.78 is 5.14. The van der Waals surface area contributed by atoms with Gasteiger partial charge in [-0.25, -0.2) is 9.97 Å². The number of anilines is 3. The standard InChI is InChI=1S/C16H16N8O2/c1-26-12-5-3-2-4-11(12)16(25)23-22-14-13(19)15(21-10-20-14)24(8-6-17)9-7-18/h2-5,10H,8-9,19H2,1H3,(H,23,25)(H,20,21,22). The molecule has 0 saturated carbocycles. The molecule has 26 heavy (non-hydrogen) atoms. The van der Waals surface area contributed by atoms with Gasteiger partial charge in [0.15, 0.2) is 11.6 Å². The second-order valence-corrected chi connectivity index (χ2v) is 4.91. The highest BCUT2D eigenvalue weighted by molar-refractivity contribution is 5.97. The van der Waals surface area contributed by atoms with Gasteiger partial charge in [0.25, 0.3) is 5.91 Å². The van der Waals surface area contributed by atoms with E-state index in [0.717, 1.165) is 0 Å². The van der Waals surface area contributed by atoms with E-state index in [4.69, 9.17) is 21.0 Å². The molecular formula is C16H16N8O2. The molecule has 0 spiro atoms. The number of carbonyl (C=O) groups excluding carboxylic acids is 1. The lowest BCUT2D eigenvalue weighted by Crippen LogP contribution is -2.31. The van der Waals surface area contributed by atoms with Gasteiger partial charge in [0.2, 0.25) is 0 Å². The Hall–Kier alpha value is -4.05. The number of hydrogen-bond acceptors (Lipinski definition) is 9. The van der Waals surface area contributed by atoms with Crippen molar-refractivity contribution in [3.63, 3.8) is 0 Å². The Kier molecular flexibility index (Phi) is 6.12. The van der Waals surface area contributed by atoms with Crippen molar-refractivity contribution in [2.75, 3.05) is 36.3 Å². The number of hydrogen-bond donors (Lipinski definition) is 3. The van der Waals surface area contributed by atoms with Crippen LogP contribution in [-0.2, 0) is 0 Å². The second kappa shape index (κ2) is 8.70. The van der Waals surface area contributed by atoms with E-state index in [9.17, 15) is 4.79 Å². The molecule has 0 fully saturated rings. The number of aromatic nitrogens is 2. The zero-order valence-electron chi connectivity index (χ0n) is 13.9. The van der Waals surface area contributed by atoms with Crippen LogP contribution in [0, 0.1) is 22.7 Å². The quantitative estimate of drug-likeness (QED) is 0.482. The molecule has 0 radical (unpaired) electrons. The molecule has 4 N–H and O–H groups in total. The van der Waals surface area contributed by atoms with Gasteiger partial charge < -0.3 is 15.4 Å². The van der Waals surface area contributed by atoms with Crippen molar-refractivity contribution in [3.05, 3.63) is 36.2 Å². The minimum absolute atomic E-state index is 0.0677. The van der Waals surface area contributed by atoms with Crippen molar-refractivity contribution < 1.29 is 9.53 Å². The Balaban J connectivity index is 2.18. The summed E-state index contributed by atoms with van der Waals surface area (Å²) in [6, 6.07) is 10.6. The minimum Gasteiger partial charge on any atom is -0.496 e. The Morgan fingerprint density at radius 1 is 1.27 bits per heavy atom. The van der Waals surface area contributed by atoms with E-state index in [1.807, 2.05) is 12.1 Å². The molecule has 2 aromatic rings. The van der Waals surface area contributed by atoms with Gasteiger partial charge in [-0.2, -0.15) is 10.5 Å². The predicted molar refractivity (Wildman–Crippen MR) is 94.0 cm³/mol. The van der Waals surface area contributed by atoms with E-state index < -0.39 is 5.91 Å². The number of nitrogen functional groups attached to an aromatic ring is 1. The SMILES string of the molecule is COc1ccccc1C(=O)NNc1ncnc(N(CC#N)CC#N)c1N. The Morgan fingerprint density at radius 2 is 1.96 bits per heavy atom. The average molecular weight is 352 g/mol. The normalized spacial score (nSPS) is 9.50. The molecule has 10 heteroatoms. The van der Waals surface area contributed by atoms with Crippen LogP contribution in [-0.4, -0.2) is 36.1 Å². The third-order valence-corrected chi connectivity index (χ3v) is 3.33. The van der Waals surface area contributed by atoms with Crippen LogP contribution in [0.1, 0.15) is 10.4 Å². The van der Waals surface area contributed by atoms with E-state index in [1.54, 1.807) is 24.3 Å². The highest BCUT2D eigenvalue weighted by Crippen LogP contribution is 2.25. The van der Waals surface area contributed by atoms with Crippen LogP contribution < -0.4 is 26.2 Å². The fourth-order valence-corrected chi connectivity index (χ4v) is 2.13. The summed E-state index contributed by atoms with van der Waals surface area (Å²) in [6.45, 7) is -0.135. The number of nitriles is 2. The molecule has 0 unspecified atom stereocenters. The van der Waals surface area contributed by atoms with Gasteiger partial charge in [0.05, 0.1) is 24.8 Å². The lowest BCUT2D eigenvalue weighted by atomic mass is 10.2. The van der Waals surface area contributed by atoms with Gasteiger partial charge >= 0.3 is 0 Å². The number of para-hydroxylation sites is 1. The summed E-state index contributed by atoms with van der Waals surface area (Å²) in [5.41, 5.74) is 11.5. The Morgan fingerprint density at radius 3 is 2.62 bits per heavy atom. The van der Waals surface area contributed by atoms with Gasteiger partial charge in [-0.3, -0.25) is 15.6 Å². The molecular weight excluding hydrogens is 336 g/mol. The van der Waals surface area contributed by atoms with Crippen molar-refractivity contribution >= 4 is 23.2 Å². The van der Waals surface area contributed by atoms with Crippen molar-refractivity contribution in [2.24, 2.45) is 0 Å². The molecule has 132 valence electrons. The molecule has 10 nitrogen and oxygen atoms in total. The van der Waals surface area contributed by atoms with Gasteiger partial charge in [0, 0.05) is 0 Å². The van der Waals surface area contributed by atoms with Gasteiger partial charge in [-0.05, 0) is 12.1 Å². The van der Waals surface area contributed by atoms with Crippen LogP contribution in [0.4, 0.5) is 17.3 Å². The first-order valence-corrected chi connectivity index (χ1v) is 7.41. The number of methoxy groups -OCH3 is 1. The molecule has 0 bridgehead atoms. The van der Waals surface area contributed by atoms with E-state index in [0.29, 0.717) is 11.3 Å². The van der Waals surface area contributed by atoms with Crippen LogP contribution in [0.15, 0.2) is 30.6 Å². The lowest BCUT2D eigenvalue weighted by Gasteiger charge is -2.20. The highest BCUT2D eigenvalue weighted by Gasteiger charge is 2.16. The fraction of sp³-hybridized carbons (Fsp3) is 0.188. The molecule has 0 aliphatic heterocycles. The third-order valence-electron chi connectivity index (χ3n) is 3.33. The third kappa shape index (κ3) is 4.07. The van der Waals surface area contributed by atoms with E-state index >= 15 is 0 Å². The molecule has 0 saturated heterocycles. The summed E-state index contributed by atoms with van der Waals surface area (Å²) in [5.74, 6) is 0.321. The molecule has 1 heterocycles. The number of carbonyl (C=O) groups is 1. The van der Waals surface area contributed by atoms with E-state index in [2.05, 4.69) is 20.8 Å². The molecule has 2 rings (SSSR count). The predicted octanol–water partition coefficient (Wildman–Crippen LogP) is 0.678. The summed E-state index contributed by atoms with van der Waals surface area (Å²) in [5, 5.41) is 17.7. The minimum atomic E-state index is -0.451. The van der Waals surface area contributed by atoms with E-state index in [1.165, 1.54) is 18.3 Å². The molecule has 1 aromatic carbocycles. The van der Waals surface area contributed by atoms with Crippen LogP contribution in [0.5, 0.6) is 5.75 Å². The van der Waals surface area contributed by atoms with E-state index in [-0.39, 0.29) is 30.4 Å². The molecule has 0 aliphatic carbocycles. The molecule has 0 atom stereocenters. The maximum absolute atomic E-state index is 12.3. The van der Waals surface area contributed by atoms with Crippen LogP contribution in [0.2, 0.25) is 0 Å². The number of benzene rings is 1. The molecule has 1 aromatic heterocycles. The summed E-state index contributed by atoms with van der Waals surface area (Å²) in [6.07, 6.45) is 1.21. The Labute approximate surface area is 149 Å². The van der Waals surface area contributed by atoms with Crippen LogP contribution in [0.3, 0.4) is 0 Å². The van der Waals surface area contributed by atoms with Crippen molar-refractivity contribution in [3.8, 4) is 17.9 Å². The number of rotatable bonds is 7. The number of amides is 1. The average Bonchev–Trinajstić information content (AvgIpc) is 2.67. The number of nitrogens with one attached hydrogen (secondary N) is 2. The van der Waals surface area contributed by atoms with Crippen molar-refractivity contribution in [2.45, 2.75) is 0 Å². The van der Waals surface area contributed by atoms with Gasteiger partial charge in [-0.1, -0.05) is 12.1 Å². The summed E-state index contributed by atoms with van der Waals surface area (Å²) in [7, 11) is 1.47. The lowest BCUT2D eigenvalue weighted by molar-refractivity contribution is 0.0959. The topological polar surface area (TPSA) is 153 Å². The zero-order valence-corrected chi connectivity index (χ0v) is 13.9. The maximum Gasteiger partial charge on any atom is 0.273 e. The fourth-order valence-electron chi connectivity index (χ4n) is 2.13. The highest BCUT2D eigenvalue weighted by atomic mass is 16.5. The zero-order chi connectivity index (χ0) is 18.9. The first-order valence-electron chi connectivity index (χ1n) is 7.41. The first-order chi connectivity index (χ1) is 12.6. The van der Waals surface area contributed by atoms with Crippen LogP contribution >= 0.6 is 0 Å². The number of nitrogens with two attached hydrogens (primary N) is 1. The Bertz CT molecular complexity index is 855. The molecule has 1 amide bonds. The number of ether oxygens (including phenoxy) is 1. The number of nitrogens with zero attached hydrogens (tertiary/aromatic N) is 5.